The molecule has 1 heterocycles. The number of carbonyl (C=O) groups excluding carboxylic acids is 1. The number of aromatic nitrogens is 1. The minimum Gasteiger partial charge on any atom is -0.323 e. The summed E-state index contributed by atoms with van der Waals surface area (Å²) in [6.45, 7) is 2.95. The maximum absolute atomic E-state index is 12.3. The molecule has 0 radical (unpaired) electrons. The summed E-state index contributed by atoms with van der Waals surface area (Å²) in [7, 11) is 0. The van der Waals surface area contributed by atoms with Crippen LogP contribution in [-0.2, 0) is 4.79 Å². The lowest BCUT2D eigenvalue weighted by molar-refractivity contribution is -0.385. The smallest absolute Gasteiger partial charge is 0.286 e. The largest absolute Gasteiger partial charge is 0.323 e. The number of aryl methyl sites for hydroxylation is 1. The Morgan fingerprint density at radius 3 is 2.65 bits per heavy atom. The maximum Gasteiger partial charge on any atom is 0.286 e. The van der Waals surface area contributed by atoms with Crippen molar-refractivity contribution < 1.29 is 9.72 Å². The Balaban J connectivity index is 2.35. The number of para-hydroxylation sites is 1. The summed E-state index contributed by atoms with van der Waals surface area (Å²) in [5.74, 6) is -0.500. The van der Waals surface area contributed by atoms with E-state index in [-0.39, 0.29) is 11.3 Å². The van der Waals surface area contributed by atoms with Gasteiger partial charge in [-0.3, -0.25) is 24.3 Å². The monoisotopic (exact) mass is 335 g/mol. The molecule has 0 aliphatic rings. The summed E-state index contributed by atoms with van der Waals surface area (Å²) >= 11 is 5.97. The summed E-state index contributed by atoms with van der Waals surface area (Å²) < 4.78 is 1.04. The number of hydrogen-bond donors (Lipinski definition) is 1. The molecule has 0 aliphatic carbocycles. The van der Waals surface area contributed by atoms with Gasteiger partial charge in [-0.1, -0.05) is 23.7 Å². The summed E-state index contributed by atoms with van der Waals surface area (Å²) in [4.78, 5) is 34.8. The van der Waals surface area contributed by atoms with Crippen LogP contribution in [0.1, 0.15) is 18.5 Å². The van der Waals surface area contributed by atoms with Crippen molar-refractivity contribution in [2.45, 2.75) is 19.9 Å². The molecule has 120 valence electrons. The average molecular weight is 336 g/mol. The van der Waals surface area contributed by atoms with Crippen LogP contribution in [0.15, 0.2) is 41.3 Å². The molecule has 0 saturated carbocycles. The van der Waals surface area contributed by atoms with Crippen LogP contribution in [0.3, 0.4) is 0 Å². The third-order valence-electron chi connectivity index (χ3n) is 3.35. The van der Waals surface area contributed by atoms with Gasteiger partial charge in [0.05, 0.1) is 21.8 Å². The molecule has 2 rings (SSSR count). The fourth-order valence-corrected chi connectivity index (χ4v) is 2.22. The van der Waals surface area contributed by atoms with Gasteiger partial charge in [-0.05, 0) is 26.0 Å². The summed E-state index contributed by atoms with van der Waals surface area (Å²) in [5.41, 5.74) is -0.116. The molecule has 23 heavy (non-hydrogen) atoms. The second-order valence-corrected chi connectivity index (χ2v) is 5.40. The van der Waals surface area contributed by atoms with E-state index in [2.05, 4.69) is 5.32 Å². The quantitative estimate of drug-likeness (QED) is 0.686. The number of halogens is 1. The van der Waals surface area contributed by atoms with E-state index in [9.17, 15) is 19.7 Å². The van der Waals surface area contributed by atoms with Gasteiger partial charge in [0.15, 0.2) is 0 Å². The zero-order chi connectivity index (χ0) is 17.1. The van der Waals surface area contributed by atoms with Gasteiger partial charge in [-0.15, -0.1) is 0 Å². The van der Waals surface area contributed by atoms with E-state index in [0.717, 1.165) is 10.8 Å². The van der Waals surface area contributed by atoms with Gasteiger partial charge >= 0.3 is 0 Å². The van der Waals surface area contributed by atoms with Gasteiger partial charge in [0, 0.05) is 11.6 Å². The third-order valence-corrected chi connectivity index (χ3v) is 3.68. The van der Waals surface area contributed by atoms with Gasteiger partial charge in [-0.2, -0.15) is 0 Å². The highest BCUT2D eigenvalue weighted by molar-refractivity contribution is 6.33. The van der Waals surface area contributed by atoms with Crippen LogP contribution >= 0.6 is 11.6 Å². The van der Waals surface area contributed by atoms with E-state index >= 15 is 0 Å². The molecule has 1 unspecified atom stereocenters. The second kappa shape index (κ2) is 6.62. The van der Waals surface area contributed by atoms with E-state index in [1.807, 2.05) is 0 Å². The van der Waals surface area contributed by atoms with Gasteiger partial charge in [0.25, 0.3) is 11.2 Å². The molecule has 1 atom stereocenters. The van der Waals surface area contributed by atoms with E-state index in [1.165, 1.54) is 19.9 Å². The lowest BCUT2D eigenvalue weighted by Gasteiger charge is -2.16. The van der Waals surface area contributed by atoms with Gasteiger partial charge in [0.1, 0.15) is 6.04 Å². The Hall–Kier alpha value is -2.67. The van der Waals surface area contributed by atoms with Crippen molar-refractivity contribution in [1.29, 1.82) is 0 Å². The van der Waals surface area contributed by atoms with Crippen molar-refractivity contribution in [1.82, 2.24) is 4.57 Å². The highest BCUT2D eigenvalue weighted by atomic mass is 35.5. The first-order chi connectivity index (χ1) is 10.8. The molecule has 2 aromatic rings. The van der Waals surface area contributed by atoms with Crippen molar-refractivity contribution in [2.24, 2.45) is 0 Å². The predicted octanol–water partition coefficient (Wildman–Crippen LogP) is 2.92. The standard InChI is InChI=1S/C15H14ClN3O4/c1-9-7-11(19(22)23)8-18(15(9)21)10(2)14(20)17-13-6-4-3-5-12(13)16/h3-8,10H,1-2H3,(H,17,20). The number of nitrogens with zero attached hydrogens (tertiary/aromatic N) is 2. The average Bonchev–Trinajstić information content (AvgIpc) is 2.51. The summed E-state index contributed by atoms with van der Waals surface area (Å²) in [5, 5.41) is 13.9. The van der Waals surface area contributed by atoms with Crippen molar-refractivity contribution in [2.75, 3.05) is 5.32 Å². The molecule has 0 saturated heterocycles. The number of rotatable bonds is 4. The van der Waals surface area contributed by atoms with Crippen LogP contribution < -0.4 is 10.9 Å². The summed E-state index contributed by atoms with van der Waals surface area (Å²) in [6, 6.07) is 6.90. The first-order valence-corrected chi connectivity index (χ1v) is 7.11. The number of hydrogen-bond acceptors (Lipinski definition) is 4. The molecule has 0 bridgehead atoms. The zero-order valence-electron chi connectivity index (χ0n) is 12.4. The van der Waals surface area contributed by atoms with E-state index < -0.39 is 22.4 Å². The molecule has 1 aromatic heterocycles. The van der Waals surface area contributed by atoms with Crippen LogP contribution in [0.2, 0.25) is 5.02 Å². The number of pyridine rings is 1. The zero-order valence-corrected chi connectivity index (χ0v) is 13.2. The number of carbonyl (C=O) groups is 1. The van der Waals surface area contributed by atoms with Crippen LogP contribution in [-0.4, -0.2) is 15.4 Å². The minimum atomic E-state index is -0.933. The first kappa shape index (κ1) is 16.7. The Morgan fingerprint density at radius 2 is 2.04 bits per heavy atom. The number of nitro groups is 1. The Labute approximate surface area is 136 Å². The fourth-order valence-electron chi connectivity index (χ4n) is 2.04. The number of amides is 1. The van der Waals surface area contributed by atoms with Crippen LogP contribution in [0.25, 0.3) is 0 Å². The molecule has 0 spiro atoms. The van der Waals surface area contributed by atoms with Gasteiger partial charge < -0.3 is 5.32 Å². The molecule has 1 aromatic carbocycles. The van der Waals surface area contributed by atoms with Gasteiger partial charge in [-0.25, -0.2) is 0 Å². The predicted molar refractivity (Wildman–Crippen MR) is 86.9 cm³/mol. The molecular formula is C15H14ClN3O4. The maximum atomic E-state index is 12.3. The number of benzene rings is 1. The first-order valence-electron chi connectivity index (χ1n) is 6.74. The lowest BCUT2D eigenvalue weighted by Crippen LogP contribution is -2.32. The topological polar surface area (TPSA) is 94.2 Å². The van der Waals surface area contributed by atoms with Crippen LogP contribution in [0.4, 0.5) is 11.4 Å². The highest BCUT2D eigenvalue weighted by Crippen LogP contribution is 2.22. The number of anilines is 1. The van der Waals surface area contributed by atoms with Crippen LogP contribution in [0, 0.1) is 17.0 Å². The van der Waals surface area contributed by atoms with Crippen molar-refractivity contribution in [3.63, 3.8) is 0 Å². The number of nitrogens with one attached hydrogen (secondary N) is 1. The molecule has 0 fully saturated rings. The van der Waals surface area contributed by atoms with Crippen molar-refractivity contribution in [3.8, 4) is 0 Å². The molecular weight excluding hydrogens is 322 g/mol. The summed E-state index contributed by atoms with van der Waals surface area (Å²) in [6.07, 6.45) is 1.06. The molecule has 1 amide bonds. The molecule has 8 heteroatoms. The van der Waals surface area contributed by atoms with Gasteiger partial charge in [0.2, 0.25) is 5.91 Å². The molecule has 1 N–H and O–H groups in total. The molecule has 7 nitrogen and oxygen atoms in total. The van der Waals surface area contributed by atoms with Crippen LogP contribution in [0.5, 0.6) is 0 Å². The normalized spacial score (nSPS) is 11.8. The molecule has 0 aliphatic heterocycles. The Morgan fingerprint density at radius 1 is 1.39 bits per heavy atom. The fraction of sp³-hybridized carbons (Fsp3) is 0.200. The lowest BCUT2D eigenvalue weighted by atomic mass is 10.2. The SMILES string of the molecule is Cc1cc([N+](=O)[O-])cn(C(C)C(=O)Nc2ccccc2Cl)c1=O. The van der Waals surface area contributed by atoms with E-state index in [1.54, 1.807) is 24.3 Å². The second-order valence-electron chi connectivity index (χ2n) is 5.00. The third kappa shape index (κ3) is 3.57. The van der Waals surface area contributed by atoms with E-state index in [0.29, 0.717) is 10.7 Å². The van der Waals surface area contributed by atoms with Crippen molar-refractivity contribution >= 4 is 28.9 Å². The highest BCUT2D eigenvalue weighted by Gasteiger charge is 2.21. The Kier molecular flexibility index (Phi) is 4.80. The van der Waals surface area contributed by atoms with Crippen molar-refractivity contribution in [3.05, 3.63) is 67.6 Å². The Bertz CT molecular complexity index is 832. The minimum absolute atomic E-state index is 0.191. The van der Waals surface area contributed by atoms with E-state index in [4.69, 9.17) is 11.6 Å².